The molecule has 4 amide bonds. The van der Waals surface area contributed by atoms with Crippen LogP contribution in [0.4, 0.5) is 15.3 Å². The Hall–Kier alpha value is -3.30. The number of ether oxygens (including phenoxy) is 2. The molecule has 0 aliphatic rings. The fourth-order valence-electron chi connectivity index (χ4n) is 2.66. The van der Waals surface area contributed by atoms with Crippen LogP contribution in [0.1, 0.15) is 53.5 Å². The summed E-state index contributed by atoms with van der Waals surface area (Å²) in [6.07, 6.45) is -0.706. The Morgan fingerprint density at radius 2 is 1.66 bits per heavy atom. The topological polar surface area (TPSA) is 135 Å². The van der Waals surface area contributed by atoms with Gasteiger partial charge in [0.2, 0.25) is 0 Å². The Bertz CT molecular complexity index is 804. The van der Waals surface area contributed by atoms with Crippen molar-refractivity contribution in [1.82, 2.24) is 16.2 Å². The first kappa shape index (κ1) is 26.7. The first-order valence-electron chi connectivity index (χ1n) is 10.5. The Balaban J connectivity index is 2.51. The molecule has 0 unspecified atom stereocenters. The Morgan fingerprint density at radius 1 is 1.00 bits per heavy atom. The lowest BCUT2D eigenvalue weighted by Crippen LogP contribution is -2.53. The summed E-state index contributed by atoms with van der Waals surface area (Å²) < 4.78 is 9.99. The van der Waals surface area contributed by atoms with Gasteiger partial charge in [-0.15, -0.1) is 0 Å². The van der Waals surface area contributed by atoms with Gasteiger partial charge >= 0.3 is 12.2 Å². The quantitative estimate of drug-likeness (QED) is 0.450. The number of rotatable bonds is 8. The molecule has 10 nitrogen and oxygen atoms in total. The van der Waals surface area contributed by atoms with Gasteiger partial charge < -0.3 is 20.1 Å². The highest BCUT2D eigenvalue weighted by molar-refractivity contribution is 5.93. The zero-order chi connectivity index (χ0) is 24.3. The molecule has 0 bridgehead atoms. The Kier molecular flexibility index (Phi) is 10.5. The third-order valence-corrected chi connectivity index (χ3v) is 4.01. The van der Waals surface area contributed by atoms with Gasteiger partial charge in [-0.25, -0.2) is 15.0 Å². The largest absolute Gasteiger partial charge is 0.444 e. The lowest BCUT2D eigenvalue weighted by Gasteiger charge is -2.24. The number of anilines is 1. The number of amides is 4. The standard InChI is InChI=1S/C22H34N4O6/c1-7-15-10-8-9-11-16(15)23-18(27)13-31-21(30)26-25-19(28)17(12-14(2)3)24-20(29)32-22(4,5)6/h8-11,14,17H,7,12-13H2,1-6H3,(H,23,27)(H,24,29)(H,25,28)(H,26,30)/t17-/m0/s1. The van der Waals surface area contributed by atoms with Crippen LogP contribution in [0, 0.1) is 5.92 Å². The molecule has 1 atom stereocenters. The molecule has 0 aliphatic carbocycles. The van der Waals surface area contributed by atoms with Crippen LogP contribution in [0.15, 0.2) is 24.3 Å². The van der Waals surface area contributed by atoms with E-state index in [0.29, 0.717) is 12.1 Å². The van der Waals surface area contributed by atoms with Crippen molar-refractivity contribution in [1.29, 1.82) is 0 Å². The average Bonchev–Trinajstić information content (AvgIpc) is 2.68. The molecule has 0 aliphatic heterocycles. The highest BCUT2D eigenvalue weighted by Gasteiger charge is 2.25. The lowest BCUT2D eigenvalue weighted by molar-refractivity contribution is -0.124. The number of hydrazine groups is 1. The number of benzene rings is 1. The average molecular weight is 451 g/mol. The van der Waals surface area contributed by atoms with E-state index in [4.69, 9.17) is 9.47 Å². The van der Waals surface area contributed by atoms with E-state index < -0.39 is 42.3 Å². The summed E-state index contributed by atoms with van der Waals surface area (Å²) in [7, 11) is 0. The minimum Gasteiger partial charge on any atom is -0.444 e. The lowest BCUT2D eigenvalue weighted by atomic mass is 10.0. The summed E-state index contributed by atoms with van der Waals surface area (Å²) in [4.78, 5) is 48.3. The highest BCUT2D eigenvalue weighted by Crippen LogP contribution is 2.15. The molecule has 1 aromatic carbocycles. The van der Waals surface area contributed by atoms with Crippen molar-refractivity contribution >= 4 is 29.7 Å². The van der Waals surface area contributed by atoms with Gasteiger partial charge in [0.1, 0.15) is 11.6 Å². The fourth-order valence-corrected chi connectivity index (χ4v) is 2.66. The van der Waals surface area contributed by atoms with Crippen molar-refractivity contribution in [3.63, 3.8) is 0 Å². The SMILES string of the molecule is CCc1ccccc1NC(=O)COC(=O)NNC(=O)[C@H](CC(C)C)NC(=O)OC(C)(C)C. The number of nitrogens with one attached hydrogen (secondary N) is 4. The fraction of sp³-hybridized carbons (Fsp3) is 0.545. The highest BCUT2D eigenvalue weighted by atomic mass is 16.6. The molecule has 10 heteroatoms. The zero-order valence-corrected chi connectivity index (χ0v) is 19.5. The molecule has 0 aromatic heterocycles. The van der Waals surface area contributed by atoms with Gasteiger partial charge in [0.25, 0.3) is 11.8 Å². The van der Waals surface area contributed by atoms with Gasteiger partial charge in [-0.2, -0.15) is 0 Å². The number of carbonyl (C=O) groups is 4. The molecule has 32 heavy (non-hydrogen) atoms. The van der Waals surface area contributed by atoms with Gasteiger partial charge in [-0.3, -0.25) is 15.0 Å². The minimum atomic E-state index is -1.02. The van der Waals surface area contributed by atoms with E-state index in [0.717, 1.165) is 12.0 Å². The molecule has 0 fully saturated rings. The first-order chi connectivity index (χ1) is 14.9. The number of carbonyl (C=O) groups excluding carboxylic acids is 4. The van der Waals surface area contributed by atoms with E-state index >= 15 is 0 Å². The third kappa shape index (κ3) is 10.6. The molecule has 0 heterocycles. The van der Waals surface area contributed by atoms with Crippen LogP contribution in [0.3, 0.4) is 0 Å². The summed E-state index contributed by atoms with van der Waals surface area (Å²) in [5, 5.41) is 5.16. The van der Waals surface area contributed by atoms with Crippen molar-refractivity contribution < 1.29 is 28.7 Å². The number of para-hydroxylation sites is 1. The third-order valence-electron chi connectivity index (χ3n) is 4.01. The molecule has 1 aromatic rings. The second kappa shape index (κ2) is 12.5. The van der Waals surface area contributed by atoms with Gasteiger partial charge in [0.05, 0.1) is 0 Å². The van der Waals surface area contributed by atoms with E-state index in [1.807, 2.05) is 32.9 Å². The van der Waals surface area contributed by atoms with E-state index in [1.165, 1.54) is 0 Å². The molecular weight excluding hydrogens is 416 g/mol. The van der Waals surface area contributed by atoms with Crippen molar-refractivity contribution in [3.8, 4) is 0 Å². The van der Waals surface area contributed by atoms with Gasteiger partial charge in [-0.1, -0.05) is 39.0 Å². The number of alkyl carbamates (subject to hydrolysis) is 1. The summed E-state index contributed by atoms with van der Waals surface area (Å²) in [5.74, 6) is -1.08. The Morgan fingerprint density at radius 3 is 2.25 bits per heavy atom. The molecule has 0 saturated heterocycles. The summed E-state index contributed by atoms with van der Waals surface area (Å²) in [6.45, 7) is 10.3. The monoisotopic (exact) mass is 450 g/mol. The van der Waals surface area contributed by atoms with E-state index in [2.05, 4.69) is 21.5 Å². The second-order valence-corrected chi connectivity index (χ2v) is 8.58. The smallest absolute Gasteiger partial charge is 0.426 e. The molecule has 1 rings (SSSR count). The van der Waals surface area contributed by atoms with Gasteiger partial charge in [0, 0.05) is 5.69 Å². The molecule has 0 spiro atoms. The predicted octanol–water partition coefficient (Wildman–Crippen LogP) is 2.88. The summed E-state index contributed by atoms with van der Waals surface area (Å²) >= 11 is 0. The first-order valence-corrected chi connectivity index (χ1v) is 10.5. The number of aryl methyl sites for hydroxylation is 1. The van der Waals surface area contributed by atoms with Gasteiger partial charge in [-0.05, 0) is 51.2 Å². The van der Waals surface area contributed by atoms with Crippen LogP contribution in [-0.4, -0.2) is 42.3 Å². The minimum absolute atomic E-state index is 0.0855. The predicted molar refractivity (Wildman–Crippen MR) is 120 cm³/mol. The molecular formula is C22H34N4O6. The van der Waals surface area contributed by atoms with Crippen LogP contribution < -0.4 is 21.5 Å². The maximum absolute atomic E-state index is 12.4. The molecule has 0 radical (unpaired) electrons. The van der Waals surface area contributed by atoms with Crippen molar-refractivity contribution in [3.05, 3.63) is 29.8 Å². The summed E-state index contributed by atoms with van der Waals surface area (Å²) in [5.41, 5.74) is 5.12. The maximum atomic E-state index is 12.4. The second-order valence-electron chi connectivity index (χ2n) is 8.58. The van der Waals surface area contributed by atoms with Crippen LogP contribution in [-0.2, 0) is 25.5 Å². The Labute approximate surface area is 188 Å². The molecule has 4 N–H and O–H groups in total. The van der Waals surface area contributed by atoms with Crippen molar-refractivity contribution in [2.24, 2.45) is 5.92 Å². The van der Waals surface area contributed by atoms with Crippen LogP contribution in [0.25, 0.3) is 0 Å². The van der Waals surface area contributed by atoms with Crippen LogP contribution in [0.5, 0.6) is 0 Å². The van der Waals surface area contributed by atoms with Gasteiger partial charge in [0.15, 0.2) is 6.61 Å². The zero-order valence-electron chi connectivity index (χ0n) is 19.5. The van der Waals surface area contributed by atoms with E-state index in [-0.39, 0.29) is 5.92 Å². The maximum Gasteiger partial charge on any atom is 0.426 e. The van der Waals surface area contributed by atoms with Crippen molar-refractivity contribution in [2.75, 3.05) is 11.9 Å². The van der Waals surface area contributed by atoms with Crippen LogP contribution in [0.2, 0.25) is 0 Å². The number of hydrogen-bond acceptors (Lipinski definition) is 6. The van der Waals surface area contributed by atoms with E-state index in [1.54, 1.807) is 32.9 Å². The van der Waals surface area contributed by atoms with Crippen molar-refractivity contribution in [2.45, 2.75) is 66.0 Å². The molecule has 0 saturated carbocycles. The normalized spacial score (nSPS) is 11.8. The summed E-state index contributed by atoms with van der Waals surface area (Å²) in [6, 6.07) is 6.36. The van der Waals surface area contributed by atoms with Crippen LogP contribution >= 0.6 is 0 Å². The number of hydrogen-bond donors (Lipinski definition) is 4. The van der Waals surface area contributed by atoms with E-state index in [9.17, 15) is 19.2 Å². The molecule has 178 valence electrons.